The summed E-state index contributed by atoms with van der Waals surface area (Å²) >= 11 is 0. The topological polar surface area (TPSA) is 85.1 Å². The summed E-state index contributed by atoms with van der Waals surface area (Å²) in [6.07, 6.45) is 1.88. The molecule has 0 atom stereocenters. The lowest BCUT2D eigenvalue weighted by Crippen LogP contribution is -2.36. The highest BCUT2D eigenvalue weighted by Crippen LogP contribution is 2.29. The van der Waals surface area contributed by atoms with Crippen LogP contribution in [0.2, 0.25) is 0 Å². The molecule has 2 heterocycles. The van der Waals surface area contributed by atoms with Crippen molar-refractivity contribution < 1.29 is 18.3 Å². The molecule has 0 unspecified atom stereocenters. The first-order chi connectivity index (χ1) is 13.6. The maximum Gasteiger partial charge on any atom is 0.387 e. The summed E-state index contributed by atoms with van der Waals surface area (Å²) in [7, 11) is 3.03. The summed E-state index contributed by atoms with van der Waals surface area (Å²) in [4.78, 5) is 4.15. The van der Waals surface area contributed by atoms with E-state index >= 15 is 0 Å². The molecule has 0 radical (unpaired) electrons. The summed E-state index contributed by atoms with van der Waals surface area (Å²) in [6, 6.07) is 10.5. The second-order valence-electron chi connectivity index (χ2n) is 5.69. The lowest BCUT2D eigenvalue weighted by Gasteiger charge is -2.14. The Labute approximate surface area is 160 Å². The van der Waals surface area contributed by atoms with Gasteiger partial charge in [0, 0.05) is 19.8 Å². The molecule has 0 bridgehead atoms. The van der Waals surface area contributed by atoms with Crippen molar-refractivity contribution in [3.05, 3.63) is 54.0 Å². The van der Waals surface area contributed by atoms with Crippen LogP contribution in [0.1, 0.15) is 11.4 Å². The fraction of sp³-hybridized carbons (Fsp3) is 0.278. The fourth-order valence-corrected chi connectivity index (χ4v) is 2.60. The van der Waals surface area contributed by atoms with E-state index in [1.807, 2.05) is 28.8 Å². The van der Waals surface area contributed by atoms with E-state index in [1.54, 1.807) is 19.2 Å². The molecule has 0 fully saturated rings. The van der Waals surface area contributed by atoms with E-state index in [0.29, 0.717) is 19.0 Å². The Bertz CT molecular complexity index is 960. The average molecular weight is 390 g/mol. The number of guanidine groups is 1. The van der Waals surface area contributed by atoms with Crippen LogP contribution < -0.4 is 20.1 Å². The monoisotopic (exact) mass is 390 g/mol. The molecule has 3 aromatic rings. The number of aromatic nitrogens is 3. The van der Waals surface area contributed by atoms with E-state index in [9.17, 15) is 8.78 Å². The van der Waals surface area contributed by atoms with Gasteiger partial charge in [-0.15, -0.1) is 10.2 Å². The number of halogens is 2. The van der Waals surface area contributed by atoms with Gasteiger partial charge in [0.1, 0.15) is 0 Å². The zero-order chi connectivity index (χ0) is 19.9. The van der Waals surface area contributed by atoms with Crippen LogP contribution in [0.4, 0.5) is 8.78 Å². The lowest BCUT2D eigenvalue weighted by molar-refractivity contribution is -0.0512. The maximum atomic E-state index is 12.5. The first-order valence-corrected chi connectivity index (χ1v) is 8.45. The van der Waals surface area contributed by atoms with Gasteiger partial charge in [-0.2, -0.15) is 8.78 Å². The first kappa shape index (κ1) is 19.3. The number of hydrogen-bond donors (Lipinski definition) is 2. The minimum Gasteiger partial charge on any atom is -0.493 e. The summed E-state index contributed by atoms with van der Waals surface area (Å²) < 4.78 is 36.5. The van der Waals surface area contributed by atoms with Gasteiger partial charge >= 0.3 is 6.61 Å². The lowest BCUT2D eigenvalue weighted by atomic mass is 10.2. The first-order valence-electron chi connectivity index (χ1n) is 8.45. The summed E-state index contributed by atoms with van der Waals surface area (Å²) in [5.41, 5.74) is 1.49. The number of alkyl halides is 2. The van der Waals surface area contributed by atoms with Crippen LogP contribution in [0, 0.1) is 0 Å². The molecular formula is C18H20F2N6O2. The number of benzene rings is 1. The zero-order valence-electron chi connectivity index (χ0n) is 15.4. The molecule has 148 valence electrons. The van der Waals surface area contributed by atoms with Gasteiger partial charge in [0.2, 0.25) is 0 Å². The van der Waals surface area contributed by atoms with Crippen molar-refractivity contribution in [3.8, 4) is 11.5 Å². The number of fused-ring (bicyclic) bond motifs is 1. The molecule has 0 saturated heterocycles. The molecule has 0 aliphatic rings. The number of methoxy groups -OCH3 is 1. The summed E-state index contributed by atoms with van der Waals surface area (Å²) in [6.45, 7) is -2.17. The number of nitrogens with zero attached hydrogens (tertiary/aromatic N) is 4. The molecule has 2 aromatic heterocycles. The van der Waals surface area contributed by atoms with Crippen LogP contribution in [-0.4, -0.2) is 41.3 Å². The Kier molecular flexibility index (Phi) is 6.20. The molecule has 0 amide bonds. The predicted octanol–water partition coefficient (Wildman–Crippen LogP) is 2.20. The highest BCUT2D eigenvalue weighted by Gasteiger charge is 2.12. The molecule has 28 heavy (non-hydrogen) atoms. The van der Waals surface area contributed by atoms with Crippen molar-refractivity contribution in [2.24, 2.45) is 4.99 Å². The second kappa shape index (κ2) is 8.98. The zero-order valence-corrected chi connectivity index (χ0v) is 15.4. The third-order valence-electron chi connectivity index (χ3n) is 3.93. The number of nitrogens with one attached hydrogen (secondary N) is 2. The van der Waals surface area contributed by atoms with Crippen LogP contribution in [0.25, 0.3) is 5.65 Å². The van der Waals surface area contributed by atoms with Crippen LogP contribution in [-0.2, 0) is 13.1 Å². The van der Waals surface area contributed by atoms with Gasteiger partial charge in [-0.1, -0.05) is 12.1 Å². The van der Waals surface area contributed by atoms with E-state index < -0.39 is 6.61 Å². The third kappa shape index (κ3) is 4.64. The van der Waals surface area contributed by atoms with E-state index in [4.69, 9.17) is 4.74 Å². The van der Waals surface area contributed by atoms with Crippen molar-refractivity contribution in [2.45, 2.75) is 19.7 Å². The number of ether oxygens (including phenoxy) is 2. The molecule has 10 heteroatoms. The molecule has 3 rings (SSSR count). The van der Waals surface area contributed by atoms with Gasteiger partial charge < -0.3 is 20.1 Å². The van der Waals surface area contributed by atoms with Crippen LogP contribution in [0.5, 0.6) is 11.5 Å². The molecule has 8 nitrogen and oxygen atoms in total. The molecule has 0 aliphatic carbocycles. The number of aliphatic imine (C=N–C) groups is 1. The van der Waals surface area contributed by atoms with E-state index in [1.165, 1.54) is 13.2 Å². The largest absolute Gasteiger partial charge is 0.493 e. The Morgan fingerprint density at radius 3 is 2.71 bits per heavy atom. The van der Waals surface area contributed by atoms with Crippen LogP contribution in [0.15, 0.2) is 47.6 Å². The van der Waals surface area contributed by atoms with Crippen molar-refractivity contribution in [3.63, 3.8) is 0 Å². The molecule has 2 N–H and O–H groups in total. The summed E-state index contributed by atoms with van der Waals surface area (Å²) in [5, 5.41) is 14.5. The normalized spacial score (nSPS) is 11.7. The Morgan fingerprint density at radius 2 is 1.96 bits per heavy atom. The highest BCUT2D eigenvalue weighted by atomic mass is 19.3. The Hall–Kier alpha value is -3.43. The summed E-state index contributed by atoms with van der Waals surface area (Å²) in [5.74, 6) is 1.48. The Balaban J connectivity index is 1.61. The minimum absolute atomic E-state index is 0.0188. The standard InChI is InChI=1S/C18H20F2N6O2/c1-21-18(23-11-16-25-24-15-5-3-4-8-26(15)16)22-10-12-6-7-13(27-2)14(9-12)28-17(19)20/h3-9,17H,10-11H2,1-2H3,(H2,21,22,23). The third-order valence-corrected chi connectivity index (χ3v) is 3.93. The van der Waals surface area contributed by atoms with E-state index in [0.717, 1.165) is 17.0 Å². The van der Waals surface area contributed by atoms with Crippen molar-refractivity contribution in [1.29, 1.82) is 0 Å². The minimum atomic E-state index is -2.93. The van der Waals surface area contributed by atoms with Crippen molar-refractivity contribution in [2.75, 3.05) is 14.2 Å². The van der Waals surface area contributed by atoms with Gasteiger partial charge in [0.15, 0.2) is 28.9 Å². The second-order valence-corrected chi connectivity index (χ2v) is 5.69. The van der Waals surface area contributed by atoms with Gasteiger partial charge in [0.25, 0.3) is 0 Å². The van der Waals surface area contributed by atoms with Crippen molar-refractivity contribution in [1.82, 2.24) is 25.2 Å². The smallest absolute Gasteiger partial charge is 0.387 e. The van der Waals surface area contributed by atoms with E-state index in [-0.39, 0.29) is 11.5 Å². The SMILES string of the molecule is CN=C(NCc1ccc(OC)c(OC(F)F)c1)NCc1nnc2ccccn12. The van der Waals surface area contributed by atoms with Gasteiger partial charge in [-0.3, -0.25) is 9.39 Å². The van der Waals surface area contributed by atoms with Gasteiger partial charge in [0.05, 0.1) is 13.7 Å². The van der Waals surface area contributed by atoms with Gasteiger partial charge in [-0.25, -0.2) is 0 Å². The van der Waals surface area contributed by atoms with Gasteiger partial charge in [-0.05, 0) is 29.8 Å². The molecule has 0 aliphatic heterocycles. The van der Waals surface area contributed by atoms with Crippen LogP contribution in [0.3, 0.4) is 0 Å². The number of pyridine rings is 1. The number of hydrogen-bond acceptors (Lipinski definition) is 5. The fourth-order valence-electron chi connectivity index (χ4n) is 2.60. The predicted molar refractivity (Wildman–Crippen MR) is 99.7 cm³/mol. The van der Waals surface area contributed by atoms with Crippen molar-refractivity contribution >= 4 is 11.6 Å². The highest BCUT2D eigenvalue weighted by molar-refractivity contribution is 5.79. The average Bonchev–Trinajstić information content (AvgIpc) is 3.11. The quantitative estimate of drug-likeness (QED) is 0.475. The molecule has 0 saturated carbocycles. The molecular weight excluding hydrogens is 370 g/mol. The Morgan fingerprint density at radius 1 is 1.14 bits per heavy atom. The van der Waals surface area contributed by atoms with E-state index in [2.05, 4.69) is 30.6 Å². The number of rotatable bonds is 7. The molecule has 0 spiro atoms. The van der Waals surface area contributed by atoms with Crippen LogP contribution >= 0.6 is 0 Å². The molecule has 1 aromatic carbocycles. The maximum absolute atomic E-state index is 12.5.